The Hall–Kier alpha value is -3.80. The molecule has 236 valence electrons. The van der Waals surface area contributed by atoms with Crippen LogP contribution in [-0.2, 0) is 21.1 Å². The zero-order chi connectivity index (χ0) is 31.6. The minimum atomic E-state index is -4.49. The first-order valence-electron chi connectivity index (χ1n) is 14.1. The fourth-order valence-electron chi connectivity index (χ4n) is 5.47. The number of amides is 1. The minimum Gasteiger partial charge on any atom is -0.495 e. The molecule has 0 radical (unpaired) electrons. The predicted molar refractivity (Wildman–Crippen MR) is 158 cm³/mol. The molecule has 44 heavy (non-hydrogen) atoms. The Balaban J connectivity index is 1.38. The van der Waals surface area contributed by atoms with Crippen molar-refractivity contribution in [1.82, 2.24) is 19.8 Å². The van der Waals surface area contributed by atoms with Crippen LogP contribution < -0.4 is 15.4 Å². The van der Waals surface area contributed by atoms with Crippen molar-refractivity contribution in [3.63, 3.8) is 0 Å². The topological polar surface area (TPSA) is 115 Å². The van der Waals surface area contributed by atoms with Gasteiger partial charge >= 0.3 is 6.18 Å². The number of nitrogens with zero attached hydrogens (tertiary/aromatic N) is 3. The number of sulfone groups is 1. The van der Waals surface area contributed by atoms with Gasteiger partial charge in [0, 0.05) is 31.0 Å². The molecular formula is C30H34F3N5O5S. The molecule has 2 atom stereocenters. The SMILES string of the molecule is COc1ccc(S(C)(=O)=O)cc1NCC#Cc1cc(C(=O)N[C@H]2CCN(C3COC3)C[C@@H]2C)c2ncn(CC(F)(F)F)c2c1. The van der Waals surface area contributed by atoms with Crippen LogP contribution in [0.3, 0.4) is 0 Å². The fraction of sp³-hybridized carbons (Fsp3) is 0.467. The van der Waals surface area contributed by atoms with Crippen molar-refractivity contribution in [1.29, 1.82) is 0 Å². The number of methoxy groups -OCH3 is 1. The Morgan fingerprint density at radius 2 is 2.00 bits per heavy atom. The predicted octanol–water partition coefficient (Wildman–Crippen LogP) is 3.31. The lowest BCUT2D eigenvalue weighted by Gasteiger charge is -2.44. The van der Waals surface area contributed by atoms with Crippen LogP contribution in [0.25, 0.3) is 11.0 Å². The van der Waals surface area contributed by atoms with E-state index in [-0.39, 0.29) is 40.0 Å². The molecule has 1 amide bonds. The molecule has 2 aliphatic heterocycles. The number of halogens is 3. The number of aromatic nitrogens is 2. The molecule has 14 heteroatoms. The van der Waals surface area contributed by atoms with Gasteiger partial charge in [0.15, 0.2) is 9.84 Å². The summed E-state index contributed by atoms with van der Waals surface area (Å²) >= 11 is 0. The van der Waals surface area contributed by atoms with Crippen LogP contribution in [0, 0.1) is 17.8 Å². The zero-order valence-corrected chi connectivity index (χ0v) is 25.4. The molecule has 3 heterocycles. The van der Waals surface area contributed by atoms with Crippen LogP contribution in [0.1, 0.15) is 29.3 Å². The van der Waals surface area contributed by atoms with Crippen molar-refractivity contribution in [2.45, 2.75) is 43.0 Å². The van der Waals surface area contributed by atoms with Crippen LogP contribution in [0.15, 0.2) is 41.6 Å². The minimum absolute atomic E-state index is 0.0626. The first-order chi connectivity index (χ1) is 20.8. The summed E-state index contributed by atoms with van der Waals surface area (Å²) < 4.78 is 75.5. The van der Waals surface area contributed by atoms with Crippen molar-refractivity contribution in [3.05, 3.63) is 47.8 Å². The average Bonchev–Trinajstić information content (AvgIpc) is 3.31. The number of rotatable bonds is 8. The summed E-state index contributed by atoms with van der Waals surface area (Å²) in [5, 5.41) is 6.10. The molecule has 2 fully saturated rings. The maximum Gasteiger partial charge on any atom is 0.406 e. The molecular weight excluding hydrogens is 599 g/mol. The van der Waals surface area contributed by atoms with Crippen molar-refractivity contribution < 1.29 is 35.9 Å². The van der Waals surface area contributed by atoms with E-state index in [1.54, 1.807) is 0 Å². The van der Waals surface area contributed by atoms with Crippen LogP contribution in [0.5, 0.6) is 5.75 Å². The van der Waals surface area contributed by atoms with E-state index < -0.39 is 28.5 Å². The van der Waals surface area contributed by atoms with Gasteiger partial charge in [-0.15, -0.1) is 0 Å². The number of imidazole rings is 1. The number of hydrogen-bond acceptors (Lipinski definition) is 8. The standard InChI is InChI=1S/C30H34F3N5O5S/c1-19-14-37(21-15-43-16-21)10-8-24(19)36-29(39)23-11-20(12-26-28(23)35-18-38(26)17-30(31,32)33)5-4-9-34-25-13-22(44(3,40)41)6-7-27(25)42-2/h6-7,11-13,18-19,21,24,34H,8-10,14-17H2,1-3H3,(H,36,39)/t19-,24-/m0/s1. The van der Waals surface area contributed by atoms with Crippen LogP contribution >= 0.6 is 0 Å². The van der Waals surface area contributed by atoms with Crippen LogP contribution in [0.2, 0.25) is 0 Å². The van der Waals surface area contributed by atoms with Gasteiger partial charge in [-0.1, -0.05) is 18.8 Å². The second-order valence-corrected chi connectivity index (χ2v) is 13.2. The number of nitrogens with one attached hydrogen (secondary N) is 2. The van der Waals surface area contributed by atoms with E-state index in [9.17, 15) is 26.4 Å². The highest BCUT2D eigenvalue weighted by atomic mass is 32.2. The largest absolute Gasteiger partial charge is 0.495 e. The van der Waals surface area contributed by atoms with Gasteiger partial charge in [0.2, 0.25) is 0 Å². The van der Waals surface area contributed by atoms with E-state index >= 15 is 0 Å². The summed E-state index contributed by atoms with van der Waals surface area (Å²) in [6, 6.07) is 7.70. The van der Waals surface area contributed by atoms with E-state index in [1.807, 2.05) is 0 Å². The van der Waals surface area contributed by atoms with Crippen molar-refractivity contribution in [3.8, 4) is 17.6 Å². The number of piperidine rings is 1. The molecule has 5 rings (SSSR count). The molecule has 2 N–H and O–H groups in total. The molecule has 0 saturated carbocycles. The van der Waals surface area contributed by atoms with Gasteiger partial charge in [0.05, 0.1) is 60.9 Å². The highest BCUT2D eigenvalue weighted by Gasteiger charge is 2.34. The highest BCUT2D eigenvalue weighted by molar-refractivity contribution is 7.90. The quantitative estimate of drug-likeness (QED) is 0.364. The maximum absolute atomic E-state index is 13.6. The third-order valence-electron chi connectivity index (χ3n) is 7.91. The highest BCUT2D eigenvalue weighted by Crippen LogP contribution is 2.28. The van der Waals surface area contributed by atoms with Crippen molar-refractivity contribution in [2.75, 3.05) is 51.5 Å². The number of benzene rings is 2. The van der Waals surface area contributed by atoms with Gasteiger partial charge in [0.25, 0.3) is 5.91 Å². The third-order valence-corrected chi connectivity index (χ3v) is 9.02. The summed E-state index contributed by atoms with van der Waals surface area (Å²) in [6.45, 7) is 3.92. The lowest BCUT2D eigenvalue weighted by atomic mass is 9.92. The Kier molecular flexibility index (Phi) is 9.10. The molecule has 0 spiro atoms. The maximum atomic E-state index is 13.6. The number of ether oxygens (including phenoxy) is 2. The van der Waals surface area contributed by atoms with E-state index in [0.29, 0.717) is 36.3 Å². The van der Waals surface area contributed by atoms with Gasteiger partial charge in [-0.05, 0) is 42.7 Å². The molecule has 0 bridgehead atoms. The molecule has 2 saturated heterocycles. The van der Waals surface area contributed by atoms with E-state index in [2.05, 4.69) is 39.3 Å². The monoisotopic (exact) mass is 633 g/mol. The molecule has 2 aliphatic rings. The van der Waals surface area contributed by atoms with Crippen molar-refractivity contribution in [2.24, 2.45) is 5.92 Å². The molecule has 2 aromatic carbocycles. The second kappa shape index (κ2) is 12.7. The van der Waals surface area contributed by atoms with Gasteiger partial charge in [-0.3, -0.25) is 9.69 Å². The van der Waals surface area contributed by atoms with E-state index in [1.165, 1.54) is 37.4 Å². The van der Waals surface area contributed by atoms with Gasteiger partial charge in [-0.2, -0.15) is 13.2 Å². The van der Waals surface area contributed by atoms with Crippen LogP contribution in [-0.4, -0.2) is 93.2 Å². The fourth-order valence-corrected chi connectivity index (χ4v) is 6.12. The Morgan fingerprint density at radius 1 is 1.23 bits per heavy atom. The summed E-state index contributed by atoms with van der Waals surface area (Å²) in [7, 11) is -2.00. The molecule has 1 aromatic heterocycles. The summed E-state index contributed by atoms with van der Waals surface area (Å²) in [5.74, 6) is 5.97. The number of fused-ring (bicyclic) bond motifs is 1. The summed E-state index contributed by atoms with van der Waals surface area (Å²) in [6.07, 6.45) is -1.57. The number of alkyl halides is 3. The molecule has 0 aliphatic carbocycles. The van der Waals surface area contributed by atoms with Gasteiger partial charge in [0.1, 0.15) is 17.8 Å². The Bertz CT molecular complexity index is 1710. The second-order valence-electron chi connectivity index (χ2n) is 11.2. The number of carbonyl (C=O) groups is 1. The first-order valence-corrected chi connectivity index (χ1v) is 16.0. The van der Waals surface area contributed by atoms with Gasteiger partial charge in [-0.25, -0.2) is 13.4 Å². The number of anilines is 1. The van der Waals surface area contributed by atoms with E-state index in [4.69, 9.17) is 9.47 Å². The summed E-state index contributed by atoms with van der Waals surface area (Å²) in [5.41, 5.74) is 1.19. The normalized spacial score (nSPS) is 19.6. The first kappa shape index (κ1) is 31.6. The smallest absolute Gasteiger partial charge is 0.406 e. The van der Waals surface area contributed by atoms with E-state index in [0.717, 1.165) is 36.7 Å². The average molecular weight is 634 g/mol. The Labute approximate surface area is 253 Å². The summed E-state index contributed by atoms with van der Waals surface area (Å²) in [4.78, 5) is 20.2. The van der Waals surface area contributed by atoms with Crippen LogP contribution in [0.4, 0.5) is 18.9 Å². The lowest BCUT2D eigenvalue weighted by Crippen LogP contribution is -2.57. The number of hydrogen-bond donors (Lipinski definition) is 2. The molecule has 10 nitrogen and oxygen atoms in total. The molecule has 0 unspecified atom stereocenters. The Morgan fingerprint density at radius 3 is 2.64 bits per heavy atom. The van der Waals surface area contributed by atoms with Gasteiger partial charge < -0.3 is 24.7 Å². The van der Waals surface area contributed by atoms with Crippen molar-refractivity contribution >= 4 is 32.5 Å². The number of likely N-dealkylation sites (tertiary alicyclic amines) is 1. The lowest BCUT2D eigenvalue weighted by molar-refractivity contribution is -0.139. The molecule has 3 aromatic rings. The number of carbonyl (C=O) groups excluding carboxylic acids is 1. The third kappa shape index (κ3) is 7.28. The zero-order valence-electron chi connectivity index (χ0n) is 24.6.